The maximum Gasteiger partial charge on any atom is 0.416 e. The van der Waals surface area contributed by atoms with Gasteiger partial charge in [-0.05, 0) is 30.4 Å². The fourth-order valence-electron chi connectivity index (χ4n) is 3.65. The van der Waals surface area contributed by atoms with Gasteiger partial charge in [0.2, 0.25) is 0 Å². The van der Waals surface area contributed by atoms with Crippen molar-refractivity contribution in [2.75, 3.05) is 20.7 Å². The number of aryl methyl sites for hydroxylation is 1. The summed E-state index contributed by atoms with van der Waals surface area (Å²) in [6, 6.07) is 5.69. The lowest BCUT2D eigenvalue weighted by Gasteiger charge is -2.25. The maximum absolute atomic E-state index is 12.9. The highest BCUT2D eigenvalue weighted by Crippen LogP contribution is 2.31. The number of rotatable bonds is 7. The molecule has 0 amide bonds. The summed E-state index contributed by atoms with van der Waals surface area (Å²) in [5, 5.41) is 11.1. The Labute approximate surface area is 180 Å². The number of hydrogen-bond donors (Lipinski definition) is 2. The molecule has 2 aromatic rings. The summed E-state index contributed by atoms with van der Waals surface area (Å²) < 4.78 is 45.8. The Kier molecular flexibility index (Phi) is 7.53. The SMILES string of the molecule is CN=C(NCCC(C)c1cccc(C(F)(F)F)c1)NC1CCc2nc(COC)nn2C1. The molecule has 2 N–H and O–H groups in total. The summed E-state index contributed by atoms with van der Waals surface area (Å²) >= 11 is 0. The smallest absolute Gasteiger partial charge is 0.377 e. The van der Waals surface area contributed by atoms with Crippen molar-refractivity contribution in [2.24, 2.45) is 4.99 Å². The first-order valence-electron chi connectivity index (χ1n) is 10.4. The molecule has 1 aliphatic rings. The molecule has 1 aromatic carbocycles. The number of hydrogen-bond acceptors (Lipinski definition) is 4. The predicted octanol–water partition coefficient (Wildman–Crippen LogP) is 3.12. The van der Waals surface area contributed by atoms with E-state index in [9.17, 15) is 13.2 Å². The number of halogens is 3. The van der Waals surface area contributed by atoms with Crippen LogP contribution in [0.5, 0.6) is 0 Å². The van der Waals surface area contributed by atoms with Gasteiger partial charge in [-0.1, -0.05) is 25.1 Å². The predicted molar refractivity (Wildman–Crippen MR) is 112 cm³/mol. The molecule has 0 fully saturated rings. The van der Waals surface area contributed by atoms with Gasteiger partial charge in [0.15, 0.2) is 11.8 Å². The second kappa shape index (κ2) is 10.1. The third kappa shape index (κ3) is 6.19. The van der Waals surface area contributed by atoms with Crippen molar-refractivity contribution in [3.05, 3.63) is 47.0 Å². The van der Waals surface area contributed by atoms with Gasteiger partial charge in [-0.15, -0.1) is 0 Å². The molecular formula is C21H29F3N6O. The van der Waals surface area contributed by atoms with Crippen molar-refractivity contribution < 1.29 is 17.9 Å². The summed E-state index contributed by atoms with van der Waals surface area (Å²) in [5.41, 5.74) is 0.0677. The highest BCUT2D eigenvalue weighted by molar-refractivity contribution is 5.79. The molecule has 1 aliphatic heterocycles. The average Bonchev–Trinajstić information content (AvgIpc) is 3.14. The number of methoxy groups -OCH3 is 1. The van der Waals surface area contributed by atoms with Gasteiger partial charge in [0.25, 0.3) is 0 Å². The van der Waals surface area contributed by atoms with Crippen LogP contribution in [0, 0.1) is 0 Å². The van der Waals surface area contributed by atoms with Crippen LogP contribution in [0.1, 0.15) is 48.5 Å². The van der Waals surface area contributed by atoms with Gasteiger partial charge >= 0.3 is 6.18 Å². The number of guanidine groups is 1. The van der Waals surface area contributed by atoms with E-state index in [0.29, 0.717) is 43.5 Å². The van der Waals surface area contributed by atoms with Crippen LogP contribution < -0.4 is 10.6 Å². The molecule has 10 heteroatoms. The molecule has 0 aliphatic carbocycles. The van der Waals surface area contributed by atoms with E-state index in [1.165, 1.54) is 12.1 Å². The summed E-state index contributed by atoms with van der Waals surface area (Å²) in [6.45, 7) is 3.60. The Bertz CT molecular complexity index is 895. The molecule has 0 saturated heterocycles. The van der Waals surface area contributed by atoms with Gasteiger partial charge in [0.05, 0.1) is 12.1 Å². The van der Waals surface area contributed by atoms with Crippen molar-refractivity contribution >= 4 is 5.96 Å². The largest absolute Gasteiger partial charge is 0.416 e. The van der Waals surface area contributed by atoms with Gasteiger partial charge in [-0.25, -0.2) is 9.67 Å². The fourth-order valence-corrected chi connectivity index (χ4v) is 3.65. The van der Waals surface area contributed by atoms with Crippen LogP contribution in [-0.2, 0) is 30.5 Å². The molecule has 0 spiro atoms. The third-order valence-corrected chi connectivity index (χ3v) is 5.39. The van der Waals surface area contributed by atoms with Crippen LogP contribution >= 0.6 is 0 Å². The minimum Gasteiger partial charge on any atom is -0.377 e. The van der Waals surface area contributed by atoms with Crippen LogP contribution in [0.25, 0.3) is 0 Å². The van der Waals surface area contributed by atoms with Crippen molar-refractivity contribution in [3.8, 4) is 0 Å². The van der Waals surface area contributed by atoms with Gasteiger partial charge in [0, 0.05) is 33.2 Å². The van der Waals surface area contributed by atoms with Crippen molar-refractivity contribution in [1.29, 1.82) is 0 Å². The van der Waals surface area contributed by atoms with Crippen molar-refractivity contribution in [1.82, 2.24) is 25.4 Å². The zero-order valence-corrected chi connectivity index (χ0v) is 18.0. The van der Waals surface area contributed by atoms with Crippen molar-refractivity contribution in [3.63, 3.8) is 0 Å². The molecule has 7 nitrogen and oxygen atoms in total. The van der Waals surface area contributed by atoms with Gasteiger partial charge in [-0.2, -0.15) is 18.3 Å². The summed E-state index contributed by atoms with van der Waals surface area (Å²) in [4.78, 5) is 8.75. The first-order valence-corrected chi connectivity index (χ1v) is 10.4. The number of nitrogens with zero attached hydrogens (tertiary/aromatic N) is 4. The maximum atomic E-state index is 12.9. The number of alkyl halides is 3. The zero-order chi connectivity index (χ0) is 22.4. The van der Waals surface area contributed by atoms with Gasteiger partial charge in [-0.3, -0.25) is 4.99 Å². The van der Waals surface area contributed by atoms with E-state index in [1.807, 2.05) is 11.6 Å². The lowest BCUT2D eigenvalue weighted by Crippen LogP contribution is -2.47. The molecule has 0 saturated carbocycles. The molecule has 1 aromatic heterocycles. The first kappa shape index (κ1) is 23.1. The minimum atomic E-state index is -4.33. The number of fused-ring (bicyclic) bond motifs is 1. The second-order valence-corrected chi connectivity index (χ2v) is 7.75. The third-order valence-electron chi connectivity index (χ3n) is 5.39. The Balaban J connectivity index is 1.49. The van der Waals surface area contributed by atoms with Crippen LogP contribution in [0.4, 0.5) is 13.2 Å². The zero-order valence-electron chi connectivity index (χ0n) is 18.0. The topological polar surface area (TPSA) is 76.4 Å². The quantitative estimate of drug-likeness (QED) is 0.513. The van der Waals surface area contributed by atoms with Crippen LogP contribution in [0.3, 0.4) is 0 Å². The Morgan fingerprint density at radius 2 is 2.19 bits per heavy atom. The van der Waals surface area contributed by atoms with E-state index >= 15 is 0 Å². The van der Waals surface area contributed by atoms with Crippen molar-refractivity contribution in [2.45, 2.75) is 57.5 Å². The molecule has 2 heterocycles. The normalized spacial score (nSPS) is 17.9. The second-order valence-electron chi connectivity index (χ2n) is 7.75. The lowest BCUT2D eigenvalue weighted by molar-refractivity contribution is -0.137. The number of aliphatic imine (C=N–C) groups is 1. The Hall–Kier alpha value is -2.62. The van der Waals surface area contributed by atoms with Gasteiger partial charge < -0.3 is 15.4 Å². The fraction of sp³-hybridized carbons (Fsp3) is 0.571. The highest BCUT2D eigenvalue weighted by atomic mass is 19.4. The number of benzene rings is 1. The molecular weight excluding hydrogens is 409 g/mol. The van der Waals surface area contributed by atoms with E-state index in [0.717, 1.165) is 24.7 Å². The summed E-state index contributed by atoms with van der Waals surface area (Å²) in [6.07, 6.45) is -1.92. The molecule has 3 rings (SSSR count). The van der Waals surface area contributed by atoms with Crippen LogP contribution in [0.15, 0.2) is 29.3 Å². The lowest BCUT2D eigenvalue weighted by atomic mass is 9.96. The molecule has 31 heavy (non-hydrogen) atoms. The Morgan fingerprint density at radius 1 is 1.39 bits per heavy atom. The average molecular weight is 438 g/mol. The number of ether oxygens (including phenoxy) is 1. The molecule has 2 atom stereocenters. The minimum absolute atomic E-state index is 0.0144. The molecule has 0 radical (unpaired) electrons. The van der Waals surface area contributed by atoms with E-state index < -0.39 is 11.7 Å². The highest BCUT2D eigenvalue weighted by Gasteiger charge is 2.30. The van der Waals surface area contributed by atoms with E-state index in [1.54, 1.807) is 20.2 Å². The standard InChI is InChI=1S/C21H29F3N6O/c1-14(15-5-4-6-16(11-15)21(22,23)24)9-10-26-20(25-2)27-17-7-8-19-28-18(13-31-3)29-30(19)12-17/h4-6,11,14,17H,7-10,12-13H2,1-3H3,(H2,25,26,27). The monoisotopic (exact) mass is 438 g/mol. The van der Waals surface area contributed by atoms with Crippen LogP contribution in [-0.4, -0.2) is 47.5 Å². The van der Waals surface area contributed by atoms with Gasteiger partial charge in [0.1, 0.15) is 12.4 Å². The number of nitrogens with one attached hydrogen (secondary N) is 2. The Morgan fingerprint density at radius 3 is 2.90 bits per heavy atom. The molecule has 2 unspecified atom stereocenters. The van der Waals surface area contributed by atoms with Crippen LogP contribution in [0.2, 0.25) is 0 Å². The first-order chi connectivity index (χ1) is 14.8. The van der Waals surface area contributed by atoms with E-state index in [4.69, 9.17) is 4.74 Å². The summed E-state index contributed by atoms with van der Waals surface area (Å²) in [5.74, 6) is 2.30. The van der Waals surface area contributed by atoms with E-state index in [2.05, 4.69) is 25.7 Å². The molecule has 170 valence electrons. The number of aromatic nitrogens is 3. The molecule has 0 bridgehead atoms. The van der Waals surface area contributed by atoms with E-state index in [-0.39, 0.29) is 12.0 Å². The summed E-state index contributed by atoms with van der Waals surface area (Å²) in [7, 11) is 3.32.